The van der Waals surface area contributed by atoms with Crippen molar-refractivity contribution in [1.82, 2.24) is 29.8 Å². The maximum atomic E-state index is 13.5. The summed E-state index contributed by atoms with van der Waals surface area (Å²) in [6.45, 7) is 0.144. The van der Waals surface area contributed by atoms with Crippen molar-refractivity contribution in [3.63, 3.8) is 0 Å². The van der Waals surface area contributed by atoms with E-state index in [4.69, 9.17) is 4.74 Å². The van der Waals surface area contributed by atoms with Gasteiger partial charge in [0.05, 0.1) is 53.4 Å². The number of thiazole rings is 1. The lowest BCUT2D eigenvalue weighted by Crippen LogP contribution is -2.54. The number of nitrogens with one attached hydrogen (secondary N) is 5. The number of sulfone groups is 1. The van der Waals surface area contributed by atoms with Crippen LogP contribution in [0.2, 0.25) is 0 Å². The number of carbonyl (C=O) groups is 7. The molecule has 69 heavy (non-hydrogen) atoms. The average molecular weight is 1000 g/mol. The highest BCUT2D eigenvalue weighted by molar-refractivity contribution is 7.91. The van der Waals surface area contributed by atoms with E-state index in [1.54, 1.807) is 41.8 Å². The number of unbranched alkanes of at least 4 members (excludes halogenated alkanes) is 1. The number of piperidine rings is 1. The first-order valence-electron chi connectivity index (χ1n) is 21.7. The lowest BCUT2D eigenvalue weighted by molar-refractivity contribution is -0.136. The number of anilines is 2. The molecule has 23 heteroatoms. The third-order valence-corrected chi connectivity index (χ3v) is 14.7. The van der Waals surface area contributed by atoms with Crippen molar-refractivity contribution in [1.29, 1.82) is 0 Å². The smallest absolute Gasteiger partial charge is 0.264 e. The molecule has 2 aromatic heterocycles. The molecule has 7 rings (SSSR count). The summed E-state index contributed by atoms with van der Waals surface area (Å²) >= 11 is 1.20. The first-order valence-corrected chi connectivity index (χ1v) is 26.3. The zero-order valence-electron chi connectivity index (χ0n) is 37.1. The highest BCUT2D eigenvalue weighted by Gasteiger charge is 2.45. The third-order valence-electron chi connectivity index (χ3n) is 11.1. The number of fused-ring (bicyclic) bond motifs is 1. The first kappa shape index (κ1) is 49.8. The summed E-state index contributed by atoms with van der Waals surface area (Å²) in [5, 5.41) is 15.4. The van der Waals surface area contributed by atoms with Gasteiger partial charge < -0.3 is 26.0 Å². The van der Waals surface area contributed by atoms with Crippen LogP contribution in [0.1, 0.15) is 79.1 Å². The van der Waals surface area contributed by atoms with E-state index in [0.717, 1.165) is 26.9 Å². The molecule has 4 heterocycles. The zero-order valence-corrected chi connectivity index (χ0v) is 39.6. The predicted octanol–water partition coefficient (Wildman–Crippen LogP) is 3.20. The largest absolute Gasteiger partial charge is 0.384 e. The van der Waals surface area contributed by atoms with Crippen molar-refractivity contribution in [2.45, 2.75) is 50.8 Å². The van der Waals surface area contributed by atoms with E-state index >= 15 is 0 Å². The number of amides is 7. The van der Waals surface area contributed by atoms with Gasteiger partial charge in [0.25, 0.3) is 29.5 Å². The van der Waals surface area contributed by atoms with Crippen LogP contribution in [-0.4, -0.2) is 122 Å². The van der Waals surface area contributed by atoms with Crippen molar-refractivity contribution in [2.24, 2.45) is 0 Å². The molecule has 1 fully saturated rings. The van der Waals surface area contributed by atoms with Crippen molar-refractivity contribution >= 4 is 83.4 Å². The van der Waals surface area contributed by atoms with Crippen LogP contribution in [0.15, 0.2) is 96.6 Å². The van der Waals surface area contributed by atoms with Crippen molar-refractivity contribution in [3.05, 3.63) is 124 Å². The van der Waals surface area contributed by atoms with E-state index in [9.17, 15) is 50.4 Å². The highest BCUT2D eigenvalue weighted by atomic mass is 32.2. The number of imide groups is 2. The molecule has 1 unspecified atom stereocenters. The van der Waals surface area contributed by atoms with Crippen molar-refractivity contribution in [3.8, 4) is 11.3 Å². The first-order chi connectivity index (χ1) is 33.0. The number of aromatic nitrogens is 2. The Labute approximate surface area is 401 Å². The molecule has 5 aromatic rings. The number of hydrogen-bond acceptors (Lipinski definition) is 15. The number of carbonyl (C=O) groups excluding carboxylic acids is 7. The minimum absolute atomic E-state index is 0.00335. The molecule has 1 saturated heterocycles. The second kappa shape index (κ2) is 21.9. The average Bonchev–Trinajstić information content (AvgIpc) is 4.07. The predicted molar refractivity (Wildman–Crippen MR) is 255 cm³/mol. The van der Waals surface area contributed by atoms with E-state index in [1.165, 1.54) is 29.7 Å². The number of benzene rings is 3. The van der Waals surface area contributed by atoms with Crippen LogP contribution in [0.3, 0.4) is 0 Å². The normalized spacial score (nSPS) is 15.3. The van der Waals surface area contributed by atoms with E-state index in [0.29, 0.717) is 40.5 Å². The van der Waals surface area contributed by atoms with E-state index in [2.05, 4.69) is 31.6 Å². The van der Waals surface area contributed by atoms with Crippen LogP contribution in [-0.2, 0) is 45.6 Å². The Balaban J connectivity index is 0.829. The Morgan fingerprint density at radius 3 is 2.33 bits per heavy atom. The molecular weight excluding hydrogens is 953 g/mol. The van der Waals surface area contributed by atoms with Crippen LogP contribution < -0.4 is 26.6 Å². The van der Waals surface area contributed by atoms with Gasteiger partial charge >= 0.3 is 0 Å². The fourth-order valence-corrected chi connectivity index (χ4v) is 10.2. The molecule has 2 aliphatic rings. The second-order valence-corrected chi connectivity index (χ2v) is 21.2. The van der Waals surface area contributed by atoms with Crippen LogP contribution in [0.4, 0.5) is 10.8 Å². The highest BCUT2D eigenvalue weighted by Crippen LogP contribution is 2.32. The summed E-state index contributed by atoms with van der Waals surface area (Å²) in [5.41, 5.74) is 3.05. The quantitative estimate of drug-likeness (QED) is 0.0492. The summed E-state index contributed by atoms with van der Waals surface area (Å²) in [6.07, 6.45) is 4.28. The fraction of sp³-hybridized carbons (Fsp3) is 0.304. The molecule has 20 nitrogen and oxygen atoms in total. The molecule has 0 radical (unpaired) electrons. The van der Waals surface area contributed by atoms with Crippen LogP contribution >= 0.6 is 11.3 Å². The minimum Gasteiger partial charge on any atom is -0.384 e. The van der Waals surface area contributed by atoms with Gasteiger partial charge in [0.15, 0.2) is 5.13 Å². The van der Waals surface area contributed by atoms with Crippen LogP contribution in [0, 0.1) is 0 Å². The molecule has 2 atom stereocenters. The molecule has 7 amide bonds. The zero-order chi connectivity index (χ0) is 49.3. The number of rotatable bonds is 22. The summed E-state index contributed by atoms with van der Waals surface area (Å²) < 4.78 is 56.2. The number of hydrogen-bond donors (Lipinski definition) is 5. The third kappa shape index (κ3) is 12.7. The molecule has 362 valence electrons. The summed E-state index contributed by atoms with van der Waals surface area (Å²) in [4.78, 5) is 95.2. The van der Waals surface area contributed by atoms with E-state index in [1.807, 2.05) is 30.3 Å². The Morgan fingerprint density at radius 2 is 1.61 bits per heavy atom. The van der Waals surface area contributed by atoms with Crippen LogP contribution in [0.25, 0.3) is 11.3 Å². The lowest BCUT2D eigenvalue weighted by Gasteiger charge is -2.27. The molecular formula is C46H48N8O12S3. The van der Waals surface area contributed by atoms with Gasteiger partial charge in [-0.2, -0.15) is 0 Å². The Hall–Kier alpha value is -7.08. The van der Waals surface area contributed by atoms with Gasteiger partial charge in [-0.05, 0) is 61.6 Å². The van der Waals surface area contributed by atoms with Crippen molar-refractivity contribution in [2.75, 3.05) is 48.1 Å². The molecule has 2 aliphatic heterocycles. The van der Waals surface area contributed by atoms with Gasteiger partial charge in [-0.1, -0.05) is 48.5 Å². The van der Waals surface area contributed by atoms with Gasteiger partial charge in [0.2, 0.25) is 21.8 Å². The van der Waals surface area contributed by atoms with Gasteiger partial charge in [0, 0.05) is 54.1 Å². The molecule has 5 N–H and O–H groups in total. The number of ether oxygens (including phenoxy) is 1. The molecule has 3 aromatic carbocycles. The van der Waals surface area contributed by atoms with E-state index in [-0.39, 0.29) is 79.7 Å². The maximum Gasteiger partial charge on any atom is 0.264 e. The maximum absolute atomic E-state index is 13.5. The van der Waals surface area contributed by atoms with E-state index < -0.39 is 67.4 Å². The molecule has 0 bridgehead atoms. The second-order valence-electron chi connectivity index (χ2n) is 16.2. The summed E-state index contributed by atoms with van der Waals surface area (Å²) in [5.74, 6) is -4.43. The van der Waals surface area contributed by atoms with Gasteiger partial charge in [-0.25, -0.2) is 21.8 Å². The van der Waals surface area contributed by atoms with Crippen LogP contribution in [0.5, 0.6) is 0 Å². The van der Waals surface area contributed by atoms with Gasteiger partial charge in [0.1, 0.15) is 21.9 Å². The minimum atomic E-state index is -3.65. The summed E-state index contributed by atoms with van der Waals surface area (Å²) in [7, 11) is -7.11. The SMILES string of the molecule is CS(=O)(=O)n1ccc(C(=O)N[C@@H](COCc2ccc(C(=O)NCCCCS(=O)(=O)CCCNc3cccc4c3C(=O)N(C3CCC(=O)NC3=O)C4=O)cc2)C(=O)Nc2nc(-c3ccccc3)cs2)c1. The molecule has 0 saturated carbocycles. The summed E-state index contributed by atoms with van der Waals surface area (Å²) in [6, 6.07) is 19.5. The lowest BCUT2D eigenvalue weighted by atomic mass is 10.0. The monoisotopic (exact) mass is 1000 g/mol. The van der Waals surface area contributed by atoms with Crippen molar-refractivity contribution < 1.29 is 55.1 Å². The Morgan fingerprint density at radius 1 is 0.855 bits per heavy atom. The van der Waals surface area contributed by atoms with Gasteiger partial charge in [-0.15, -0.1) is 11.3 Å². The Kier molecular flexibility index (Phi) is 15.8. The molecule has 0 spiro atoms. The van der Waals surface area contributed by atoms with Gasteiger partial charge in [-0.3, -0.25) is 47.8 Å². The fourth-order valence-electron chi connectivity index (χ4n) is 7.48. The Bertz CT molecular complexity index is 2990. The standard InChI is InChI=1S/C46H48N8O12S3/c1-68(62,63)53-22-19-32(25-53)41(57)49-35(42(58)52-46-50-36(28-67-46)30-9-3-2-4-10-30)27-66-26-29-13-15-31(16-14-29)40(56)48-20-5-6-23-69(64,65)24-8-21-47-34-12-7-11-33-39(34)45(61)54(44(33)60)37-17-18-38(55)51-43(37)59/h2-4,7,9-16,19,22,25,28,35,37,47H,5-6,8,17-18,20-21,23-24,26-27H2,1H3,(H,48,56)(H,49,57)(H,50,52,58)(H,51,55,59)/t35-,37?/m0/s1. The molecule has 0 aliphatic carbocycles. The number of nitrogens with zero attached hydrogens (tertiary/aromatic N) is 3. The topological polar surface area (TPSA) is 278 Å².